The van der Waals surface area contributed by atoms with Gasteiger partial charge in [-0.2, -0.15) is 8.42 Å². The van der Waals surface area contributed by atoms with E-state index in [1.54, 1.807) is 12.1 Å². The van der Waals surface area contributed by atoms with Crippen molar-refractivity contribution >= 4 is 22.1 Å². The van der Waals surface area contributed by atoms with Gasteiger partial charge in [-0.15, -0.1) is 0 Å². The Bertz CT molecular complexity index is 744. The number of hydrogen-bond donors (Lipinski definition) is 1. The first kappa shape index (κ1) is 26.1. The Morgan fingerprint density at radius 3 is 1.67 bits per heavy atom. The standard InChI is InChI=1S/C22H34O7S/c1-2-3-4-5-6-7-8-9-10-13-16-28-21(23)19-14-11-12-15-20(19)22(24)29-17-18-30(25,26)27/h11-12,14-15H,2-10,13,16-18H2,1H3,(H,25,26,27). The predicted molar refractivity (Wildman–Crippen MR) is 115 cm³/mol. The highest BCUT2D eigenvalue weighted by Gasteiger charge is 2.19. The molecule has 0 radical (unpaired) electrons. The van der Waals surface area contributed by atoms with Crippen molar-refractivity contribution in [2.75, 3.05) is 19.0 Å². The molecule has 30 heavy (non-hydrogen) atoms. The SMILES string of the molecule is CCCCCCCCCCCCOC(=O)c1ccccc1C(=O)OCCS(=O)(=O)O. The molecule has 0 bridgehead atoms. The zero-order valence-electron chi connectivity index (χ0n) is 17.8. The molecule has 0 fully saturated rings. The van der Waals surface area contributed by atoms with Crippen molar-refractivity contribution in [3.05, 3.63) is 35.4 Å². The molecule has 0 saturated carbocycles. The molecule has 170 valence electrons. The van der Waals surface area contributed by atoms with Gasteiger partial charge in [0.2, 0.25) is 0 Å². The van der Waals surface area contributed by atoms with Crippen LogP contribution in [0.25, 0.3) is 0 Å². The molecule has 0 aliphatic carbocycles. The summed E-state index contributed by atoms with van der Waals surface area (Å²) in [5.41, 5.74) is 0.0716. The average molecular weight is 443 g/mol. The summed E-state index contributed by atoms with van der Waals surface area (Å²) in [6, 6.07) is 6.04. The highest BCUT2D eigenvalue weighted by molar-refractivity contribution is 7.85. The van der Waals surface area contributed by atoms with Crippen molar-refractivity contribution in [2.45, 2.75) is 71.1 Å². The molecule has 8 heteroatoms. The minimum atomic E-state index is -4.23. The van der Waals surface area contributed by atoms with E-state index in [-0.39, 0.29) is 17.7 Å². The van der Waals surface area contributed by atoms with E-state index >= 15 is 0 Å². The largest absolute Gasteiger partial charge is 0.462 e. The van der Waals surface area contributed by atoms with Crippen LogP contribution >= 0.6 is 0 Å². The van der Waals surface area contributed by atoms with Crippen LogP contribution in [0.4, 0.5) is 0 Å². The van der Waals surface area contributed by atoms with E-state index in [0.717, 1.165) is 19.3 Å². The van der Waals surface area contributed by atoms with Gasteiger partial charge in [-0.05, 0) is 18.6 Å². The Balaban J connectivity index is 2.30. The minimum Gasteiger partial charge on any atom is -0.462 e. The van der Waals surface area contributed by atoms with Gasteiger partial charge in [0.05, 0.1) is 17.7 Å². The van der Waals surface area contributed by atoms with Crippen LogP contribution in [0, 0.1) is 0 Å². The number of carbonyl (C=O) groups excluding carboxylic acids is 2. The third-order valence-corrected chi connectivity index (χ3v) is 5.35. The van der Waals surface area contributed by atoms with Gasteiger partial charge < -0.3 is 9.47 Å². The fourth-order valence-corrected chi connectivity index (χ4v) is 3.28. The Kier molecular flexibility index (Phi) is 13.0. The Labute approximate surface area is 179 Å². The first-order valence-corrected chi connectivity index (χ1v) is 12.3. The second kappa shape index (κ2) is 15.0. The molecule has 0 unspecified atom stereocenters. The minimum absolute atomic E-state index is 0.000843. The molecular weight excluding hydrogens is 408 g/mol. The molecule has 0 saturated heterocycles. The molecule has 0 atom stereocenters. The Hall–Kier alpha value is -1.93. The maximum Gasteiger partial charge on any atom is 0.339 e. The molecule has 1 N–H and O–H groups in total. The fourth-order valence-electron chi connectivity index (χ4n) is 2.99. The zero-order chi connectivity index (χ0) is 22.2. The van der Waals surface area contributed by atoms with Crippen LogP contribution in [-0.2, 0) is 19.6 Å². The van der Waals surface area contributed by atoms with Gasteiger partial charge in [-0.25, -0.2) is 9.59 Å². The van der Waals surface area contributed by atoms with Crippen molar-refractivity contribution in [3.8, 4) is 0 Å². The number of esters is 2. The summed E-state index contributed by atoms with van der Waals surface area (Å²) in [7, 11) is -4.23. The van der Waals surface area contributed by atoms with Crippen LogP contribution in [0.15, 0.2) is 24.3 Å². The number of hydrogen-bond acceptors (Lipinski definition) is 6. The number of ether oxygens (including phenoxy) is 2. The second-order valence-electron chi connectivity index (χ2n) is 7.29. The van der Waals surface area contributed by atoms with Crippen LogP contribution in [0.1, 0.15) is 91.8 Å². The quantitative estimate of drug-likeness (QED) is 0.222. The van der Waals surface area contributed by atoms with E-state index in [9.17, 15) is 18.0 Å². The third-order valence-electron chi connectivity index (χ3n) is 4.67. The second-order valence-corrected chi connectivity index (χ2v) is 8.86. The first-order chi connectivity index (χ1) is 14.3. The van der Waals surface area contributed by atoms with Gasteiger partial charge in [-0.3, -0.25) is 4.55 Å². The number of benzene rings is 1. The lowest BCUT2D eigenvalue weighted by Crippen LogP contribution is -2.18. The summed E-state index contributed by atoms with van der Waals surface area (Å²) < 4.78 is 40.2. The molecule has 7 nitrogen and oxygen atoms in total. The van der Waals surface area contributed by atoms with Gasteiger partial charge in [-0.1, -0.05) is 76.8 Å². The summed E-state index contributed by atoms with van der Waals surface area (Å²) in [6.45, 7) is 1.99. The molecule has 0 spiro atoms. The van der Waals surface area contributed by atoms with E-state index in [4.69, 9.17) is 14.0 Å². The predicted octanol–water partition coefficient (Wildman–Crippen LogP) is 4.81. The molecule has 1 rings (SSSR count). The summed E-state index contributed by atoms with van der Waals surface area (Å²) in [4.78, 5) is 24.4. The highest BCUT2D eigenvalue weighted by atomic mass is 32.2. The van der Waals surface area contributed by atoms with Crippen LogP contribution < -0.4 is 0 Å². The van der Waals surface area contributed by atoms with Crippen LogP contribution in [0.3, 0.4) is 0 Å². The van der Waals surface area contributed by atoms with E-state index < -0.39 is 34.4 Å². The van der Waals surface area contributed by atoms with E-state index in [1.165, 1.54) is 57.1 Å². The third kappa shape index (κ3) is 11.9. The van der Waals surface area contributed by atoms with E-state index in [1.807, 2.05) is 0 Å². The molecule has 0 aliphatic rings. The summed E-state index contributed by atoms with van der Waals surface area (Å²) >= 11 is 0. The van der Waals surface area contributed by atoms with E-state index in [0.29, 0.717) is 0 Å². The lowest BCUT2D eigenvalue weighted by molar-refractivity contribution is 0.0463. The molecular formula is C22H34O7S. The topological polar surface area (TPSA) is 107 Å². The number of carbonyl (C=O) groups is 2. The molecule has 1 aromatic carbocycles. The summed E-state index contributed by atoms with van der Waals surface area (Å²) in [6.07, 6.45) is 11.8. The maximum atomic E-state index is 12.3. The van der Waals surface area contributed by atoms with Crippen LogP contribution in [-0.4, -0.2) is 43.9 Å². The Morgan fingerprint density at radius 1 is 0.767 bits per heavy atom. The van der Waals surface area contributed by atoms with Crippen molar-refractivity contribution in [3.63, 3.8) is 0 Å². The van der Waals surface area contributed by atoms with Gasteiger partial charge in [0.25, 0.3) is 10.1 Å². The van der Waals surface area contributed by atoms with E-state index in [2.05, 4.69) is 6.92 Å². The molecule has 1 aromatic rings. The average Bonchev–Trinajstić information content (AvgIpc) is 2.70. The van der Waals surface area contributed by atoms with Gasteiger partial charge >= 0.3 is 11.9 Å². The van der Waals surface area contributed by atoms with Gasteiger partial charge in [0.1, 0.15) is 12.4 Å². The lowest BCUT2D eigenvalue weighted by Gasteiger charge is -2.09. The normalized spacial score (nSPS) is 11.3. The van der Waals surface area contributed by atoms with Crippen molar-refractivity contribution in [1.29, 1.82) is 0 Å². The van der Waals surface area contributed by atoms with Crippen LogP contribution in [0.5, 0.6) is 0 Å². The molecule has 0 aliphatic heterocycles. The van der Waals surface area contributed by atoms with Gasteiger partial charge in [0.15, 0.2) is 0 Å². The van der Waals surface area contributed by atoms with Crippen molar-refractivity contribution in [2.24, 2.45) is 0 Å². The molecule has 0 amide bonds. The number of unbranched alkanes of at least 4 members (excludes halogenated alkanes) is 9. The molecule has 0 aromatic heterocycles. The van der Waals surface area contributed by atoms with Crippen molar-refractivity contribution in [1.82, 2.24) is 0 Å². The maximum absolute atomic E-state index is 12.3. The monoisotopic (exact) mass is 442 g/mol. The number of rotatable bonds is 16. The zero-order valence-corrected chi connectivity index (χ0v) is 18.6. The van der Waals surface area contributed by atoms with Gasteiger partial charge in [0, 0.05) is 0 Å². The Morgan fingerprint density at radius 2 is 1.20 bits per heavy atom. The lowest BCUT2D eigenvalue weighted by atomic mass is 10.1. The summed E-state index contributed by atoms with van der Waals surface area (Å²) in [5.74, 6) is -2.16. The van der Waals surface area contributed by atoms with Crippen molar-refractivity contribution < 1.29 is 32.0 Å². The summed E-state index contributed by atoms with van der Waals surface area (Å²) in [5, 5.41) is 0. The molecule has 0 heterocycles. The fraction of sp³-hybridized carbons (Fsp3) is 0.636. The smallest absolute Gasteiger partial charge is 0.339 e. The first-order valence-electron chi connectivity index (χ1n) is 10.7. The van der Waals surface area contributed by atoms with Crippen LogP contribution in [0.2, 0.25) is 0 Å². The highest BCUT2D eigenvalue weighted by Crippen LogP contribution is 2.14.